The Morgan fingerprint density at radius 3 is 2.38 bits per heavy atom. The SMILES string of the molecule is CCCC(NCC)C(CC)Sc1ccc(C(F)(F)F)cn1. The average Bonchev–Trinajstić information content (AvgIpc) is 2.44. The molecule has 0 bridgehead atoms. The molecule has 0 fully saturated rings. The van der Waals surface area contributed by atoms with Crippen LogP contribution in [0.2, 0.25) is 0 Å². The van der Waals surface area contributed by atoms with Crippen molar-refractivity contribution in [3.8, 4) is 0 Å². The van der Waals surface area contributed by atoms with Gasteiger partial charge in [-0.15, -0.1) is 11.8 Å². The van der Waals surface area contributed by atoms with E-state index < -0.39 is 11.7 Å². The molecule has 2 unspecified atom stereocenters. The lowest BCUT2D eigenvalue weighted by atomic mass is 10.1. The molecule has 0 saturated heterocycles. The summed E-state index contributed by atoms with van der Waals surface area (Å²) in [5.41, 5.74) is -0.698. The monoisotopic (exact) mass is 320 g/mol. The standard InChI is InChI=1S/C15H23F3N2S/c1-4-7-12(19-6-3)13(5-2)21-14-9-8-11(10-20-14)15(16,17)18/h8-10,12-13,19H,4-7H2,1-3H3. The van der Waals surface area contributed by atoms with Crippen LogP contribution < -0.4 is 5.32 Å². The van der Waals surface area contributed by atoms with Gasteiger partial charge in [0.15, 0.2) is 0 Å². The first kappa shape index (κ1) is 18.3. The van der Waals surface area contributed by atoms with Gasteiger partial charge >= 0.3 is 6.18 Å². The summed E-state index contributed by atoms with van der Waals surface area (Å²) in [7, 11) is 0. The summed E-state index contributed by atoms with van der Waals surface area (Å²) >= 11 is 1.56. The van der Waals surface area contributed by atoms with Gasteiger partial charge in [0, 0.05) is 17.5 Å². The van der Waals surface area contributed by atoms with Crippen molar-refractivity contribution in [1.82, 2.24) is 10.3 Å². The predicted molar refractivity (Wildman–Crippen MR) is 81.5 cm³/mol. The molecule has 1 aromatic heterocycles. The van der Waals surface area contributed by atoms with Gasteiger partial charge in [-0.3, -0.25) is 0 Å². The van der Waals surface area contributed by atoms with E-state index in [-0.39, 0.29) is 0 Å². The summed E-state index contributed by atoms with van der Waals surface area (Å²) in [6, 6.07) is 2.92. The Kier molecular flexibility index (Phi) is 7.52. The maximum atomic E-state index is 12.5. The molecule has 0 spiro atoms. The van der Waals surface area contributed by atoms with Gasteiger partial charge in [-0.1, -0.05) is 27.2 Å². The molecule has 2 atom stereocenters. The fraction of sp³-hybridized carbons (Fsp3) is 0.667. The molecule has 0 aliphatic rings. The quantitative estimate of drug-likeness (QED) is 0.700. The van der Waals surface area contributed by atoms with Crippen LogP contribution in [0.1, 0.15) is 45.6 Å². The summed E-state index contributed by atoms with van der Waals surface area (Å²) < 4.78 is 37.6. The van der Waals surface area contributed by atoms with Gasteiger partial charge in [-0.2, -0.15) is 13.2 Å². The Bertz CT molecular complexity index is 400. The van der Waals surface area contributed by atoms with Gasteiger partial charge in [0.1, 0.15) is 0 Å². The molecule has 1 aromatic rings. The molecular weight excluding hydrogens is 297 g/mol. The van der Waals surface area contributed by atoms with E-state index in [0.29, 0.717) is 16.3 Å². The van der Waals surface area contributed by atoms with Crippen LogP contribution in [0.5, 0.6) is 0 Å². The molecule has 0 aromatic carbocycles. The van der Waals surface area contributed by atoms with Gasteiger partial charge < -0.3 is 5.32 Å². The van der Waals surface area contributed by atoms with E-state index in [1.54, 1.807) is 11.8 Å². The highest BCUT2D eigenvalue weighted by Gasteiger charge is 2.30. The van der Waals surface area contributed by atoms with E-state index in [0.717, 1.165) is 38.1 Å². The summed E-state index contributed by atoms with van der Waals surface area (Å²) in [6.07, 6.45) is -0.327. The second-order valence-corrected chi connectivity index (χ2v) is 6.16. The molecule has 2 nitrogen and oxygen atoms in total. The molecule has 21 heavy (non-hydrogen) atoms. The summed E-state index contributed by atoms with van der Waals surface area (Å²) in [5.74, 6) is 0. The van der Waals surface area contributed by atoms with Crippen molar-refractivity contribution in [2.75, 3.05) is 6.54 Å². The third-order valence-corrected chi connectivity index (χ3v) is 4.70. The Labute approximate surface area is 128 Å². The molecule has 1 rings (SSSR count). The van der Waals surface area contributed by atoms with Crippen molar-refractivity contribution >= 4 is 11.8 Å². The minimum absolute atomic E-state index is 0.314. The highest BCUT2D eigenvalue weighted by Crippen LogP contribution is 2.32. The minimum Gasteiger partial charge on any atom is -0.313 e. The minimum atomic E-state index is -4.32. The predicted octanol–water partition coefficient (Wildman–Crippen LogP) is 4.75. The molecule has 0 radical (unpaired) electrons. The molecule has 6 heteroatoms. The highest BCUT2D eigenvalue weighted by atomic mass is 32.2. The number of pyridine rings is 1. The Hall–Kier alpha value is -0.750. The number of hydrogen-bond donors (Lipinski definition) is 1. The van der Waals surface area contributed by atoms with Gasteiger partial charge in [0.05, 0.1) is 10.6 Å². The maximum Gasteiger partial charge on any atom is 0.417 e. The smallest absolute Gasteiger partial charge is 0.313 e. The van der Waals surface area contributed by atoms with Crippen LogP contribution >= 0.6 is 11.8 Å². The van der Waals surface area contributed by atoms with E-state index in [1.165, 1.54) is 6.07 Å². The van der Waals surface area contributed by atoms with Gasteiger partial charge in [-0.25, -0.2) is 4.98 Å². The number of nitrogens with zero attached hydrogens (tertiary/aromatic N) is 1. The zero-order chi connectivity index (χ0) is 15.9. The number of nitrogens with one attached hydrogen (secondary N) is 1. The molecule has 1 N–H and O–H groups in total. The Morgan fingerprint density at radius 2 is 1.95 bits per heavy atom. The third kappa shape index (κ3) is 5.87. The van der Waals surface area contributed by atoms with Gasteiger partial charge in [-0.05, 0) is 31.5 Å². The maximum absolute atomic E-state index is 12.5. The van der Waals surface area contributed by atoms with Crippen LogP contribution in [0.15, 0.2) is 23.4 Å². The first-order chi connectivity index (χ1) is 9.92. The zero-order valence-corrected chi connectivity index (χ0v) is 13.5. The zero-order valence-electron chi connectivity index (χ0n) is 12.7. The van der Waals surface area contributed by atoms with Gasteiger partial charge in [0.25, 0.3) is 0 Å². The lowest BCUT2D eigenvalue weighted by Crippen LogP contribution is -2.37. The van der Waals surface area contributed by atoms with Crippen LogP contribution in [-0.4, -0.2) is 22.8 Å². The molecule has 120 valence electrons. The van der Waals surface area contributed by atoms with Crippen LogP contribution in [-0.2, 0) is 6.18 Å². The Balaban J connectivity index is 2.76. The first-order valence-electron chi connectivity index (χ1n) is 7.35. The summed E-state index contributed by atoms with van der Waals surface area (Å²) in [4.78, 5) is 3.95. The molecule has 0 aliphatic carbocycles. The lowest BCUT2D eigenvalue weighted by molar-refractivity contribution is -0.137. The number of hydrogen-bond acceptors (Lipinski definition) is 3. The van der Waals surface area contributed by atoms with Crippen molar-refractivity contribution < 1.29 is 13.2 Å². The number of rotatable bonds is 8. The molecule has 0 saturated carbocycles. The van der Waals surface area contributed by atoms with E-state index in [1.807, 2.05) is 0 Å². The van der Waals surface area contributed by atoms with Crippen LogP contribution in [0.3, 0.4) is 0 Å². The highest BCUT2D eigenvalue weighted by molar-refractivity contribution is 7.99. The lowest BCUT2D eigenvalue weighted by Gasteiger charge is -2.26. The normalized spacial score (nSPS) is 15.0. The second kappa shape index (κ2) is 8.63. The van der Waals surface area contributed by atoms with E-state index >= 15 is 0 Å². The van der Waals surface area contributed by atoms with Crippen molar-refractivity contribution in [3.05, 3.63) is 23.9 Å². The summed E-state index contributed by atoms with van der Waals surface area (Å²) in [6.45, 7) is 7.19. The molecule has 1 heterocycles. The number of thioether (sulfide) groups is 1. The number of alkyl halides is 3. The number of halogens is 3. The molecule has 0 amide bonds. The van der Waals surface area contributed by atoms with E-state index in [2.05, 4.69) is 31.1 Å². The fourth-order valence-corrected chi connectivity index (χ4v) is 3.35. The topological polar surface area (TPSA) is 24.9 Å². The fourth-order valence-electron chi connectivity index (χ4n) is 2.22. The molecule has 0 aliphatic heterocycles. The van der Waals surface area contributed by atoms with Crippen LogP contribution in [0.25, 0.3) is 0 Å². The third-order valence-electron chi connectivity index (χ3n) is 3.25. The summed E-state index contributed by atoms with van der Waals surface area (Å²) in [5, 5.41) is 4.42. The Morgan fingerprint density at radius 1 is 1.24 bits per heavy atom. The van der Waals surface area contributed by atoms with Crippen molar-refractivity contribution in [2.45, 2.75) is 62.5 Å². The van der Waals surface area contributed by atoms with Crippen molar-refractivity contribution in [3.63, 3.8) is 0 Å². The molecular formula is C15H23F3N2S. The second-order valence-electron chi connectivity index (χ2n) is 4.90. The van der Waals surface area contributed by atoms with Crippen molar-refractivity contribution in [2.24, 2.45) is 0 Å². The first-order valence-corrected chi connectivity index (χ1v) is 8.23. The largest absolute Gasteiger partial charge is 0.417 e. The van der Waals surface area contributed by atoms with E-state index in [4.69, 9.17) is 0 Å². The van der Waals surface area contributed by atoms with Gasteiger partial charge in [0.2, 0.25) is 0 Å². The average molecular weight is 320 g/mol. The van der Waals surface area contributed by atoms with E-state index in [9.17, 15) is 13.2 Å². The van der Waals surface area contributed by atoms with Crippen LogP contribution in [0.4, 0.5) is 13.2 Å². The number of aromatic nitrogens is 1. The van der Waals surface area contributed by atoms with Crippen LogP contribution in [0, 0.1) is 0 Å². The van der Waals surface area contributed by atoms with Crippen molar-refractivity contribution in [1.29, 1.82) is 0 Å².